The van der Waals surface area contributed by atoms with Gasteiger partial charge in [0.05, 0.1) is 26.4 Å². The molecule has 1 amide bonds. The van der Waals surface area contributed by atoms with Crippen LogP contribution in [0.5, 0.6) is 0 Å². The molecule has 0 spiro atoms. The summed E-state index contributed by atoms with van der Waals surface area (Å²) in [7, 11) is 1.09. The quantitative estimate of drug-likeness (QED) is 0.0730. The average Bonchev–Trinajstić information content (AvgIpc) is 3.00. The van der Waals surface area contributed by atoms with Gasteiger partial charge in [-0.3, -0.25) is 4.79 Å². The number of hydrogen-bond acceptors (Lipinski definition) is 17. The Morgan fingerprint density at radius 2 is 1.41 bits per heavy atom. The fourth-order valence-electron chi connectivity index (χ4n) is 5.20. The Morgan fingerprint density at radius 3 is 1.98 bits per heavy atom. The highest BCUT2D eigenvalue weighted by atomic mass is 16.7. The van der Waals surface area contributed by atoms with Gasteiger partial charge in [-0.25, -0.2) is 4.79 Å². The molecule has 44 heavy (non-hydrogen) atoms. The molecular formula is C26H43NO17. The molecule has 0 aromatic rings. The zero-order valence-electron chi connectivity index (χ0n) is 24.5. The van der Waals surface area contributed by atoms with Crippen LogP contribution in [0.4, 0.5) is 0 Å². The normalized spacial score (nSPS) is 42.8. The van der Waals surface area contributed by atoms with Gasteiger partial charge < -0.3 is 78.9 Å². The molecule has 8 N–H and O–H groups in total. The summed E-state index contributed by atoms with van der Waals surface area (Å²) in [6.07, 6.45) is -22.5. The minimum Gasteiger partial charge on any atom is -0.467 e. The number of esters is 1. The lowest BCUT2D eigenvalue weighted by atomic mass is 9.95. The van der Waals surface area contributed by atoms with Gasteiger partial charge in [-0.05, 0) is 6.92 Å². The van der Waals surface area contributed by atoms with Gasteiger partial charge in [-0.15, -0.1) is 6.58 Å². The first-order valence-corrected chi connectivity index (χ1v) is 13.9. The lowest BCUT2D eigenvalue weighted by Crippen LogP contribution is -2.69. The van der Waals surface area contributed by atoms with E-state index < -0.39 is 124 Å². The van der Waals surface area contributed by atoms with E-state index in [1.807, 2.05) is 0 Å². The van der Waals surface area contributed by atoms with Crippen molar-refractivity contribution >= 4 is 11.9 Å². The minimum absolute atomic E-state index is 0.0995. The van der Waals surface area contributed by atoms with Crippen molar-refractivity contribution in [1.29, 1.82) is 0 Å². The summed E-state index contributed by atoms with van der Waals surface area (Å²) < 4.78 is 38.6. The standard InChI is InChI=1S/C26H43NO17/c1-5-6-27(11(3)30)24-19(36)23(44-25-18(35)17(34)15(32)10(2)40-25)21(13(8-29)41-24)43-26-20(37)22(39-9-14(31)38-4)16(33)12(7-28)42-26/h5,10,12-13,15-26,28-29,32-37H,1,6-9H2,2-4H3/t10-,12+,13+,15+,16-,17+,18-,19+,20+,21+,22-,23+,24+,25-,26-/m0/s1. The zero-order chi connectivity index (χ0) is 32.9. The van der Waals surface area contributed by atoms with E-state index in [2.05, 4.69) is 11.3 Å². The first-order chi connectivity index (χ1) is 20.8. The highest BCUT2D eigenvalue weighted by Gasteiger charge is 2.55. The molecule has 18 nitrogen and oxygen atoms in total. The molecule has 0 bridgehead atoms. The topological polar surface area (TPSA) is 264 Å². The SMILES string of the molecule is C=CCN(C(C)=O)[C@@H]1O[C@H](CO)[C@@H](O[C@@H]2O[C@H](CO)[C@H](O)[C@H](OCC(=O)OC)[C@H]2O)[C@H](O[C@@H]2O[C@@H](C)[C@@H](O)[C@@H](O)[C@@H]2O)[C@H]1O. The number of aliphatic hydroxyl groups is 8. The molecule has 18 heteroatoms. The van der Waals surface area contributed by atoms with E-state index in [0.717, 1.165) is 12.0 Å². The highest BCUT2D eigenvalue weighted by molar-refractivity contribution is 5.73. The number of methoxy groups -OCH3 is 1. The van der Waals surface area contributed by atoms with Crippen molar-refractivity contribution in [3.63, 3.8) is 0 Å². The summed E-state index contributed by atoms with van der Waals surface area (Å²) in [5.41, 5.74) is 0. The summed E-state index contributed by atoms with van der Waals surface area (Å²) in [5, 5.41) is 84.2. The van der Waals surface area contributed by atoms with E-state index >= 15 is 0 Å². The van der Waals surface area contributed by atoms with E-state index in [-0.39, 0.29) is 6.54 Å². The highest BCUT2D eigenvalue weighted by Crippen LogP contribution is 2.34. The molecule has 3 fully saturated rings. The molecular weight excluding hydrogens is 598 g/mol. The first kappa shape index (κ1) is 36.6. The van der Waals surface area contributed by atoms with E-state index in [4.69, 9.17) is 28.4 Å². The van der Waals surface area contributed by atoms with Crippen LogP contribution in [0.2, 0.25) is 0 Å². The van der Waals surface area contributed by atoms with Gasteiger partial charge in [0.15, 0.2) is 18.8 Å². The van der Waals surface area contributed by atoms with Crippen molar-refractivity contribution < 1.29 is 83.6 Å². The number of rotatable bonds is 12. The van der Waals surface area contributed by atoms with Crippen LogP contribution in [-0.2, 0) is 42.7 Å². The van der Waals surface area contributed by atoms with Gasteiger partial charge in [0.1, 0.15) is 73.8 Å². The van der Waals surface area contributed by atoms with E-state index in [9.17, 15) is 50.4 Å². The first-order valence-electron chi connectivity index (χ1n) is 13.9. The molecule has 3 aliphatic heterocycles. The van der Waals surface area contributed by atoms with Crippen molar-refractivity contribution in [1.82, 2.24) is 4.90 Å². The Hall–Kier alpha value is -1.88. The number of carbonyl (C=O) groups excluding carboxylic acids is 2. The maximum atomic E-state index is 12.4. The molecule has 3 aliphatic rings. The van der Waals surface area contributed by atoms with Crippen LogP contribution in [0.3, 0.4) is 0 Å². The van der Waals surface area contributed by atoms with Crippen molar-refractivity contribution in [3.05, 3.63) is 12.7 Å². The minimum atomic E-state index is -1.84. The fourth-order valence-corrected chi connectivity index (χ4v) is 5.20. The lowest BCUT2D eigenvalue weighted by molar-refractivity contribution is -0.376. The molecule has 0 saturated carbocycles. The molecule has 0 aromatic heterocycles. The average molecular weight is 642 g/mol. The number of aliphatic hydroxyl groups excluding tert-OH is 8. The molecule has 15 atom stereocenters. The second kappa shape index (κ2) is 16.1. The lowest BCUT2D eigenvalue weighted by Gasteiger charge is -2.50. The van der Waals surface area contributed by atoms with Crippen LogP contribution in [0.15, 0.2) is 12.7 Å². The summed E-state index contributed by atoms with van der Waals surface area (Å²) in [6, 6.07) is 0. The smallest absolute Gasteiger partial charge is 0.331 e. The van der Waals surface area contributed by atoms with Gasteiger partial charge in [0, 0.05) is 13.5 Å². The van der Waals surface area contributed by atoms with Gasteiger partial charge in [0.25, 0.3) is 0 Å². The molecule has 3 saturated heterocycles. The molecule has 254 valence electrons. The van der Waals surface area contributed by atoms with Gasteiger partial charge in [0.2, 0.25) is 5.91 Å². The van der Waals surface area contributed by atoms with Crippen LogP contribution >= 0.6 is 0 Å². The predicted octanol–water partition coefficient (Wildman–Crippen LogP) is -5.31. The number of amides is 1. The van der Waals surface area contributed by atoms with Crippen LogP contribution in [-0.4, -0.2) is 183 Å². The van der Waals surface area contributed by atoms with Gasteiger partial charge >= 0.3 is 5.97 Å². The van der Waals surface area contributed by atoms with Crippen LogP contribution in [0.25, 0.3) is 0 Å². The Labute approximate surface area is 252 Å². The third kappa shape index (κ3) is 7.91. The van der Waals surface area contributed by atoms with Crippen molar-refractivity contribution in [2.45, 2.75) is 106 Å². The van der Waals surface area contributed by atoms with Crippen molar-refractivity contribution in [2.24, 2.45) is 0 Å². The Morgan fingerprint density at radius 1 is 0.795 bits per heavy atom. The van der Waals surface area contributed by atoms with Crippen LogP contribution in [0.1, 0.15) is 13.8 Å². The Kier molecular flexibility index (Phi) is 13.4. The summed E-state index contributed by atoms with van der Waals surface area (Å²) >= 11 is 0. The molecule has 0 aliphatic carbocycles. The summed E-state index contributed by atoms with van der Waals surface area (Å²) in [6.45, 7) is 3.79. The fraction of sp³-hybridized carbons (Fsp3) is 0.846. The van der Waals surface area contributed by atoms with Crippen molar-refractivity contribution in [3.8, 4) is 0 Å². The number of carbonyl (C=O) groups is 2. The third-order valence-corrected chi connectivity index (χ3v) is 7.68. The number of nitrogens with zero attached hydrogens (tertiary/aromatic N) is 1. The summed E-state index contributed by atoms with van der Waals surface area (Å²) in [5.74, 6) is -1.39. The maximum absolute atomic E-state index is 12.4. The van der Waals surface area contributed by atoms with Gasteiger partial charge in [-0.2, -0.15) is 0 Å². The maximum Gasteiger partial charge on any atom is 0.331 e. The summed E-state index contributed by atoms with van der Waals surface area (Å²) in [4.78, 5) is 25.1. The van der Waals surface area contributed by atoms with E-state index in [1.165, 1.54) is 19.9 Å². The molecule has 0 unspecified atom stereocenters. The number of ether oxygens (including phenoxy) is 7. The second-order valence-electron chi connectivity index (χ2n) is 10.6. The van der Waals surface area contributed by atoms with Crippen LogP contribution in [0, 0.1) is 0 Å². The Bertz CT molecular complexity index is 958. The van der Waals surface area contributed by atoms with Gasteiger partial charge in [-0.1, -0.05) is 6.08 Å². The molecule has 0 aromatic carbocycles. The molecule has 0 radical (unpaired) electrons. The molecule has 3 rings (SSSR count). The number of hydrogen-bond donors (Lipinski definition) is 8. The van der Waals surface area contributed by atoms with Crippen molar-refractivity contribution in [2.75, 3.05) is 33.5 Å². The monoisotopic (exact) mass is 641 g/mol. The van der Waals surface area contributed by atoms with E-state index in [1.54, 1.807) is 0 Å². The zero-order valence-corrected chi connectivity index (χ0v) is 24.5. The van der Waals surface area contributed by atoms with E-state index in [0.29, 0.717) is 0 Å². The largest absolute Gasteiger partial charge is 0.467 e. The predicted molar refractivity (Wildman–Crippen MR) is 141 cm³/mol. The molecule has 3 heterocycles. The van der Waals surface area contributed by atoms with Crippen LogP contribution < -0.4 is 0 Å². The third-order valence-electron chi connectivity index (χ3n) is 7.68. The Balaban J connectivity index is 1.97. The second-order valence-corrected chi connectivity index (χ2v) is 10.6.